The van der Waals surface area contributed by atoms with E-state index in [9.17, 15) is 62.3 Å². The van der Waals surface area contributed by atoms with E-state index in [-0.39, 0.29) is 80.7 Å². The third kappa shape index (κ3) is 14.2. The van der Waals surface area contributed by atoms with Crippen molar-refractivity contribution < 1.29 is 89.7 Å². The predicted octanol–water partition coefficient (Wildman–Crippen LogP) is 11.4. The first-order chi connectivity index (χ1) is 36.3. The van der Waals surface area contributed by atoms with Crippen LogP contribution in [0.2, 0.25) is 0 Å². The summed E-state index contributed by atoms with van der Waals surface area (Å²) in [4.78, 5) is 35.5. The molecule has 0 aliphatic carbocycles. The van der Waals surface area contributed by atoms with Crippen LogP contribution in [0.4, 0.5) is 75.4 Å². The lowest BCUT2D eigenvalue weighted by Gasteiger charge is -2.45. The molecule has 1 atom stereocenters. The smallest absolute Gasteiger partial charge is 0.434 e. The van der Waals surface area contributed by atoms with Gasteiger partial charge in [-0.15, -0.1) is 0 Å². The second kappa shape index (κ2) is 22.8. The van der Waals surface area contributed by atoms with Crippen LogP contribution in [-0.2, 0) is 48.1 Å². The van der Waals surface area contributed by atoms with Crippen molar-refractivity contribution in [1.29, 1.82) is 0 Å². The zero-order valence-electron chi connectivity index (χ0n) is 43.3. The van der Waals surface area contributed by atoms with Crippen molar-refractivity contribution in [3.63, 3.8) is 0 Å². The van der Waals surface area contributed by atoms with Crippen molar-refractivity contribution in [1.82, 2.24) is 29.4 Å². The SMILES string of the molecule is CC(Cc1cc(CN2CCCC23CCN(C(=O)OC(C(F)(F)F)C(F)(F)F)CC3)c(OC2CCN(C)CC2)cc1C(F)(F)F)CN1CCc2cccc(CN3CCC4(CCN(C(=O)OC(C(F)(F)F)C(F)(F)F)CC4)C3)c2C1. The third-order valence-corrected chi connectivity index (χ3v) is 16.8. The fourth-order valence-corrected chi connectivity index (χ4v) is 12.6. The van der Waals surface area contributed by atoms with Gasteiger partial charge in [0.05, 0.1) is 5.56 Å². The van der Waals surface area contributed by atoms with Crippen molar-refractivity contribution in [2.75, 3.05) is 79.0 Å². The Morgan fingerprint density at radius 1 is 0.641 bits per heavy atom. The van der Waals surface area contributed by atoms with Gasteiger partial charge in [0.15, 0.2) is 0 Å². The van der Waals surface area contributed by atoms with Gasteiger partial charge in [-0.3, -0.25) is 14.7 Å². The zero-order valence-corrected chi connectivity index (χ0v) is 43.3. The molecule has 6 aliphatic rings. The highest BCUT2D eigenvalue weighted by atomic mass is 19.4. The number of halogens is 15. The summed E-state index contributed by atoms with van der Waals surface area (Å²) in [5.41, 5.74) is 2.10. The van der Waals surface area contributed by atoms with Gasteiger partial charge in [0, 0.05) is 89.6 Å². The summed E-state index contributed by atoms with van der Waals surface area (Å²) in [5, 5.41) is 0. The Kier molecular flexibility index (Phi) is 17.5. The Morgan fingerprint density at radius 3 is 1.77 bits per heavy atom. The third-order valence-electron chi connectivity index (χ3n) is 16.8. The molecule has 11 nitrogen and oxygen atoms in total. The Labute approximate surface area is 442 Å². The Bertz CT molecular complexity index is 2380. The van der Waals surface area contributed by atoms with Crippen molar-refractivity contribution in [2.24, 2.45) is 11.3 Å². The monoisotopic (exact) mass is 1140 g/mol. The summed E-state index contributed by atoms with van der Waals surface area (Å²) < 4.78 is 218. The lowest BCUT2D eigenvalue weighted by Crippen LogP contribution is -2.54. The summed E-state index contributed by atoms with van der Waals surface area (Å²) in [7, 11) is 1.94. The standard InChI is InChI=1S/C52H65F15N6O5/c1-33(28-69-19-7-34-5-3-6-35(39(34)31-69)29-70-20-11-46(32-70)12-21-71(22-13-46)44(74)77-42(49(56,57)58)50(59,60)61)25-36-26-37(41(27-40(36)48(53,54)55)76-38-8-17-68(2)18-9-38)30-73-16-4-10-47(73)14-23-72(24-15-47)45(75)78-43(51(62,63)64)52(65,66)67/h3,5-6,26-27,33,38,42-43H,4,7-25,28-32H2,1-2H3. The van der Waals surface area contributed by atoms with Crippen LogP contribution in [-0.4, -0.2) is 169 Å². The molecule has 0 saturated carbocycles. The van der Waals surface area contributed by atoms with E-state index in [2.05, 4.69) is 29.1 Å². The number of hydrogen-bond acceptors (Lipinski definition) is 9. The number of rotatable bonds is 12. The summed E-state index contributed by atoms with van der Waals surface area (Å²) >= 11 is 0. The zero-order chi connectivity index (χ0) is 56.8. The normalized spacial score (nSPS) is 22.0. The Morgan fingerprint density at radius 2 is 1.21 bits per heavy atom. The highest BCUT2D eigenvalue weighted by Gasteiger charge is 2.62. The van der Waals surface area contributed by atoms with Crippen molar-refractivity contribution in [3.8, 4) is 5.75 Å². The second-order valence-corrected chi connectivity index (χ2v) is 22.5. The maximum Gasteiger partial charge on any atom is 0.434 e. The van der Waals surface area contributed by atoms with E-state index in [0.717, 1.165) is 32.6 Å². The number of alkyl halides is 15. The van der Waals surface area contributed by atoms with Crippen LogP contribution in [0.15, 0.2) is 30.3 Å². The number of piperidine rings is 3. The van der Waals surface area contributed by atoms with Gasteiger partial charge in [-0.2, -0.15) is 65.9 Å². The molecule has 26 heteroatoms. The molecule has 0 bridgehead atoms. The molecule has 0 radical (unpaired) electrons. The molecule has 2 aromatic carbocycles. The summed E-state index contributed by atoms with van der Waals surface area (Å²) in [6.07, 6.45) is -35.5. The molecule has 6 heterocycles. The topological polar surface area (TPSA) is 81.3 Å². The van der Waals surface area contributed by atoms with Crippen LogP contribution in [0.1, 0.15) is 98.1 Å². The number of likely N-dealkylation sites (tertiary alicyclic amines) is 5. The molecule has 0 N–H and O–H groups in total. The lowest BCUT2D eigenvalue weighted by molar-refractivity contribution is -0.309. The maximum atomic E-state index is 15.2. The molecule has 2 amide bonds. The van der Waals surface area contributed by atoms with Gasteiger partial charge in [0.25, 0.3) is 12.2 Å². The van der Waals surface area contributed by atoms with E-state index in [0.29, 0.717) is 116 Å². The van der Waals surface area contributed by atoms with Gasteiger partial charge < -0.3 is 28.9 Å². The summed E-state index contributed by atoms with van der Waals surface area (Å²) in [6.45, 7) is 6.80. The predicted molar refractivity (Wildman–Crippen MR) is 252 cm³/mol. The molecule has 5 fully saturated rings. The van der Waals surface area contributed by atoms with Gasteiger partial charge in [0.1, 0.15) is 11.9 Å². The second-order valence-electron chi connectivity index (χ2n) is 22.5. The molecule has 78 heavy (non-hydrogen) atoms. The van der Waals surface area contributed by atoms with Crippen LogP contribution in [0.25, 0.3) is 0 Å². The van der Waals surface area contributed by atoms with E-state index in [1.54, 1.807) is 6.07 Å². The average molecular weight is 1140 g/mol. The van der Waals surface area contributed by atoms with Crippen LogP contribution in [0.5, 0.6) is 5.75 Å². The van der Waals surface area contributed by atoms with E-state index in [1.807, 2.05) is 32.2 Å². The first-order valence-electron chi connectivity index (χ1n) is 26.4. The quantitative estimate of drug-likeness (QED) is 0.193. The summed E-state index contributed by atoms with van der Waals surface area (Å²) in [6, 6.07) is 8.68. The molecular formula is C52H65F15N6O5. The number of benzene rings is 2. The number of nitrogens with zero attached hydrogens (tertiary/aromatic N) is 6. The highest BCUT2D eigenvalue weighted by molar-refractivity contribution is 5.68. The number of carbonyl (C=O) groups excluding carboxylic acids is 2. The number of carbonyl (C=O) groups is 2. The van der Waals surface area contributed by atoms with Crippen LogP contribution < -0.4 is 4.74 Å². The van der Waals surface area contributed by atoms with E-state index < -0.39 is 66.4 Å². The van der Waals surface area contributed by atoms with E-state index >= 15 is 13.2 Å². The highest BCUT2D eigenvalue weighted by Crippen LogP contribution is 2.46. The Balaban J connectivity index is 0.929. The number of fused-ring (bicyclic) bond motifs is 1. The maximum absolute atomic E-state index is 15.2. The average Bonchev–Trinajstić information content (AvgIpc) is 4.03. The number of hydrogen-bond donors (Lipinski definition) is 0. The minimum Gasteiger partial charge on any atom is -0.490 e. The number of ether oxygens (including phenoxy) is 3. The molecule has 2 aromatic rings. The minimum absolute atomic E-state index is 0.0522. The number of amides is 2. The fourth-order valence-electron chi connectivity index (χ4n) is 12.6. The molecular weight excluding hydrogens is 1070 g/mol. The Hall–Kier alpha value is -4.43. The molecule has 1 unspecified atom stereocenters. The first-order valence-corrected chi connectivity index (χ1v) is 26.4. The van der Waals surface area contributed by atoms with Crippen molar-refractivity contribution in [3.05, 3.63) is 63.7 Å². The van der Waals surface area contributed by atoms with Gasteiger partial charge in [-0.25, -0.2) is 9.59 Å². The summed E-state index contributed by atoms with van der Waals surface area (Å²) in [5.74, 6) is -0.192. The van der Waals surface area contributed by atoms with E-state index in [4.69, 9.17) is 4.74 Å². The van der Waals surface area contributed by atoms with Crippen molar-refractivity contribution >= 4 is 12.2 Å². The molecule has 6 aliphatic heterocycles. The minimum atomic E-state index is -5.88. The van der Waals surface area contributed by atoms with Gasteiger partial charge >= 0.3 is 43.1 Å². The van der Waals surface area contributed by atoms with Crippen LogP contribution in [0, 0.1) is 11.3 Å². The molecule has 0 aromatic heterocycles. The lowest BCUT2D eigenvalue weighted by atomic mass is 9.78. The van der Waals surface area contributed by atoms with Crippen LogP contribution in [0.3, 0.4) is 0 Å². The first kappa shape index (κ1) is 59.7. The van der Waals surface area contributed by atoms with Gasteiger partial charge in [-0.1, -0.05) is 31.2 Å². The van der Waals surface area contributed by atoms with Gasteiger partial charge in [-0.05, 0) is 130 Å². The molecule has 5 saturated heterocycles. The largest absolute Gasteiger partial charge is 0.490 e. The van der Waals surface area contributed by atoms with Gasteiger partial charge in [0.2, 0.25) is 0 Å². The molecule has 2 spiro atoms. The van der Waals surface area contributed by atoms with Crippen molar-refractivity contribution in [2.45, 2.75) is 152 Å². The van der Waals surface area contributed by atoms with Crippen LogP contribution >= 0.6 is 0 Å². The fraction of sp³-hybridized carbons (Fsp3) is 0.731. The molecule has 8 rings (SSSR count). The molecule has 438 valence electrons. The van der Waals surface area contributed by atoms with E-state index in [1.165, 1.54) is 0 Å².